The Morgan fingerprint density at radius 1 is 1.18 bits per heavy atom. The van der Waals surface area contributed by atoms with Crippen LogP contribution in [0.15, 0.2) is 31.0 Å². The van der Waals surface area contributed by atoms with Crippen LogP contribution in [0.2, 0.25) is 0 Å². The zero-order valence-electron chi connectivity index (χ0n) is 18.4. The summed E-state index contributed by atoms with van der Waals surface area (Å²) in [6.07, 6.45) is 9.46. The standard InChI is InChI=1S/C22H25N9O2/c1-3-16-22(28-13-4-5-14(32)6-13)30-19-15(9-24-21(23)20(19)29-16)12-8-27-31(10-12)17-7-18(33-2)26-11-25-17/h7-11,13-14,32H,3-6H2,1-2H3,(H2,23,24)(H,28,30)/t13-,14+/m1/s1. The second-order valence-electron chi connectivity index (χ2n) is 8.03. The number of pyridine rings is 1. The summed E-state index contributed by atoms with van der Waals surface area (Å²) in [6.45, 7) is 2.03. The molecule has 0 amide bonds. The average molecular weight is 448 g/mol. The number of nitrogens with two attached hydrogens (primary N) is 1. The van der Waals surface area contributed by atoms with Crippen LogP contribution in [-0.4, -0.2) is 59.1 Å². The highest BCUT2D eigenvalue weighted by Crippen LogP contribution is 2.32. The highest BCUT2D eigenvalue weighted by Gasteiger charge is 2.24. The van der Waals surface area contributed by atoms with Crippen molar-refractivity contribution in [1.82, 2.24) is 34.7 Å². The van der Waals surface area contributed by atoms with E-state index in [-0.39, 0.29) is 12.1 Å². The Morgan fingerprint density at radius 3 is 2.82 bits per heavy atom. The van der Waals surface area contributed by atoms with Crippen LogP contribution >= 0.6 is 0 Å². The minimum atomic E-state index is -0.275. The third-order valence-corrected chi connectivity index (χ3v) is 5.84. The second kappa shape index (κ2) is 8.58. The quantitative estimate of drug-likeness (QED) is 0.401. The van der Waals surface area contributed by atoms with E-state index in [4.69, 9.17) is 20.4 Å². The molecule has 0 unspecified atom stereocenters. The Kier molecular flexibility index (Phi) is 5.47. The minimum Gasteiger partial charge on any atom is -0.481 e. The molecular formula is C22H25N9O2. The predicted molar refractivity (Wildman–Crippen MR) is 123 cm³/mol. The van der Waals surface area contributed by atoms with Crippen LogP contribution in [0.25, 0.3) is 28.0 Å². The Bertz CT molecular complexity index is 1310. The van der Waals surface area contributed by atoms with Crippen LogP contribution in [0.1, 0.15) is 31.9 Å². The van der Waals surface area contributed by atoms with Crippen LogP contribution in [0, 0.1) is 0 Å². The van der Waals surface area contributed by atoms with Crippen molar-refractivity contribution in [3.63, 3.8) is 0 Å². The van der Waals surface area contributed by atoms with E-state index in [1.807, 2.05) is 13.1 Å². The molecule has 5 rings (SSSR count). The molecule has 170 valence electrons. The van der Waals surface area contributed by atoms with Gasteiger partial charge in [-0.15, -0.1) is 0 Å². The number of hydrogen-bond acceptors (Lipinski definition) is 10. The lowest BCUT2D eigenvalue weighted by molar-refractivity contribution is 0.182. The van der Waals surface area contributed by atoms with E-state index in [0.29, 0.717) is 47.2 Å². The van der Waals surface area contributed by atoms with Crippen molar-refractivity contribution in [3.05, 3.63) is 36.7 Å². The number of nitrogens with zero attached hydrogens (tertiary/aromatic N) is 7. The van der Waals surface area contributed by atoms with Crippen LogP contribution in [-0.2, 0) is 6.42 Å². The van der Waals surface area contributed by atoms with Crippen molar-refractivity contribution in [2.45, 2.75) is 44.8 Å². The zero-order valence-corrected chi connectivity index (χ0v) is 18.4. The molecule has 1 saturated carbocycles. The van der Waals surface area contributed by atoms with Crippen molar-refractivity contribution in [2.24, 2.45) is 0 Å². The van der Waals surface area contributed by atoms with E-state index in [0.717, 1.165) is 29.7 Å². The number of aliphatic hydroxyl groups is 1. The summed E-state index contributed by atoms with van der Waals surface area (Å²) in [6, 6.07) is 1.86. The van der Waals surface area contributed by atoms with Gasteiger partial charge in [0.05, 0.1) is 25.1 Å². The van der Waals surface area contributed by atoms with Gasteiger partial charge in [-0.3, -0.25) is 0 Å². The average Bonchev–Trinajstić information content (AvgIpc) is 3.48. The number of aromatic nitrogens is 7. The number of hydrogen-bond donors (Lipinski definition) is 3. The van der Waals surface area contributed by atoms with Crippen LogP contribution in [0.3, 0.4) is 0 Å². The lowest BCUT2D eigenvalue weighted by Crippen LogP contribution is -2.19. The molecule has 2 atom stereocenters. The van der Waals surface area contributed by atoms with Crippen molar-refractivity contribution < 1.29 is 9.84 Å². The van der Waals surface area contributed by atoms with Gasteiger partial charge >= 0.3 is 0 Å². The van der Waals surface area contributed by atoms with Gasteiger partial charge in [0.2, 0.25) is 5.88 Å². The second-order valence-corrected chi connectivity index (χ2v) is 8.03. The summed E-state index contributed by atoms with van der Waals surface area (Å²) in [5, 5.41) is 17.8. The fourth-order valence-electron chi connectivity index (χ4n) is 4.10. The molecule has 0 spiro atoms. The molecule has 0 aliphatic heterocycles. The summed E-state index contributed by atoms with van der Waals surface area (Å²) in [7, 11) is 1.55. The maximum absolute atomic E-state index is 9.91. The molecule has 1 aliphatic carbocycles. The van der Waals surface area contributed by atoms with Crippen LogP contribution < -0.4 is 15.8 Å². The molecular weight excluding hydrogens is 422 g/mol. The molecule has 33 heavy (non-hydrogen) atoms. The van der Waals surface area contributed by atoms with E-state index in [1.165, 1.54) is 6.33 Å². The molecule has 0 radical (unpaired) electrons. The molecule has 4 N–H and O–H groups in total. The van der Waals surface area contributed by atoms with E-state index in [9.17, 15) is 5.11 Å². The summed E-state index contributed by atoms with van der Waals surface area (Å²) in [5.41, 5.74) is 9.74. The summed E-state index contributed by atoms with van der Waals surface area (Å²) in [4.78, 5) is 22.4. The van der Waals surface area contributed by atoms with Crippen molar-refractivity contribution >= 4 is 22.7 Å². The molecule has 0 saturated heterocycles. The van der Waals surface area contributed by atoms with Crippen LogP contribution in [0.4, 0.5) is 11.6 Å². The van der Waals surface area contributed by atoms with Crippen molar-refractivity contribution in [3.8, 4) is 22.8 Å². The number of aliphatic hydroxyl groups excluding tert-OH is 1. The van der Waals surface area contributed by atoms with Gasteiger partial charge in [0.15, 0.2) is 11.6 Å². The lowest BCUT2D eigenvalue weighted by Gasteiger charge is -2.17. The molecule has 0 aromatic carbocycles. The minimum absolute atomic E-state index is 0.162. The Morgan fingerprint density at radius 2 is 2.06 bits per heavy atom. The highest BCUT2D eigenvalue weighted by atomic mass is 16.5. The number of ether oxygens (including phenoxy) is 1. The van der Waals surface area contributed by atoms with Crippen molar-refractivity contribution in [1.29, 1.82) is 0 Å². The smallest absolute Gasteiger partial charge is 0.218 e. The van der Waals surface area contributed by atoms with Gasteiger partial charge in [-0.05, 0) is 25.7 Å². The van der Waals surface area contributed by atoms with Gasteiger partial charge in [0.1, 0.15) is 23.2 Å². The normalized spacial score (nSPS) is 18.0. The molecule has 11 heteroatoms. The van der Waals surface area contributed by atoms with Gasteiger partial charge in [-0.25, -0.2) is 29.6 Å². The first-order valence-corrected chi connectivity index (χ1v) is 10.9. The number of rotatable bonds is 6. The van der Waals surface area contributed by atoms with E-state index < -0.39 is 0 Å². The molecule has 0 bridgehead atoms. The first-order valence-electron chi connectivity index (χ1n) is 10.9. The van der Waals surface area contributed by atoms with Gasteiger partial charge < -0.3 is 20.9 Å². The lowest BCUT2D eigenvalue weighted by atomic mass is 10.1. The van der Waals surface area contributed by atoms with Gasteiger partial charge in [0.25, 0.3) is 0 Å². The summed E-state index contributed by atoms with van der Waals surface area (Å²) < 4.78 is 6.81. The number of fused-ring (bicyclic) bond motifs is 1. The summed E-state index contributed by atoms with van der Waals surface area (Å²) >= 11 is 0. The monoisotopic (exact) mass is 447 g/mol. The summed E-state index contributed by atoms with van der Waals surface area (Å²) in [5.74, 6) is 2.06. The van der Waals surface area contributed by atoms with Gasteiger partial charge in [0, 0.05) is 35.6 Å². The largest absolute Gasteiger partial charge is 0.481 e. The molecule has 4 aromatic rings. The van der Waals surface area contributed by atoms with Crippen molar-refractivity contribution in [2.75, 3.05) is 18.2 Å². The van der Waals surface area contributed by atoms with Gasteiger partial charge in [-0.2, -0.15) is 5.10 Å². The zero-order chi connectivity index (χ0) is 22.9. The number of anilines is 2. The Hall–Kier alpha value is -3.86. The van der Waals surface area contributed by atoms with Crippen LogP contribution in [0.5, 0.6) is 5.88 Å². The van der Waals surface area contributed by atoms with E-state index >= 15 is 0 Å². The first-order chi connectivity index (χ1) is 16.1. The molecule has 4 aromatic heterocycles. The molecule has 1 fully saturated rings. The SMILES string of the molecule is CCc1nc2c(N)ncc(-c3cnn(-c4cc(OC)ncn4)c3)c2nc1N[C@@H]1CC[C@H](O)C1. The van der Waals surface area contributed by atoms with E-state index in [1.54, 1.807) is 30.3 Å². The molecule has 11 nitrogen and oxygen atoms in total. The number of nitrogens with one attached hydrogen (secondary N) is 1. The Balaban J connectivity index is 1.57. The number of nitrogen functional groups attached to an aromatic ring is 1. The third kappa shape index (κ3) is 4.02. The Labute approximate surface area is 190 Å². The number of aryl methyl sites for hydroxylation is 1. The van der Waals surface area contributed by atoms with E-state index in [2.05, 4.69) is 25.4 Å². The fraction of sp³-hybridized carbons (Fsp3) is 0.364. The predicted octanol–water partition coefficient (Wildman–Crippen LogP) is 2.15. The topological polar surface area (TPSA) is 150 Å². The number of methoxy groups -OCH3 is 1. The van der Waals surface area contributed by atoms with Gasteiger partial charge in [-0.1, -0.05) is 6.92 Å². The highest BCUT2D eigenvalue weighted by molar-refractivity contribution is 5.96. The fourth-order valence-corrected chi connectivity index (χ4v) is 4.10. The molecule has 1 aliphatic rings. The maximum Gasteiger partial charge on any atom is 0.218 e. The maximum atomic E-state index is 9.91. The molecule has 4 heterocycles. The third-order valence-electron chi connectivity index (χ3n) is 5.84. The first kappa shape index (κ1) is 21.0.